The van der Waals surface area contributed by atoms with E-state index in [1.807, 2.05) is 12.2 Å². The molecule has 0 radical (unpaired) electrons. The molecule has 7 N–H and O–H groups in total. The fourth-order valence-corrected chi connectivity index (χ4v) is 2.67. The number of nitrogens with one attached hydrogen (secondary N) is 1. The minimum Gasteiger partial charge on any atom is -0.387 e. The third kappa shape index (κ3) is 3.09. The summed E-state index contributed by atoms with van der Waals surface area (Å²) < 4.78 is 7.35. The summed E-state index contributed by atoms with van der Waals surface area (Å²) in [5.41, 5.74) is 12.0. The minimum absolute atomic E-state index is 0.247. The van der Waals surface area contributed by atoms with Crippen LogP contribution in [0.3, 0.4) is 0 Å². The zero-order chi connectivity index (χ0) is 17.1. The Bertz CT molecular complexity index is 719. The van der Waals surface area contributed by atoms with Crippen molar-refractivity contribution in [2.24, 2.45) is 5.73 Å². The molecule has 1 aliphatic rings. The first-order valence-corrected chi connectivity index (χ1v) is 7.64. The van der Waals surface area contributed by atoms with Crippen LogP contribution in [0.2, 0.25) is 0 Å². The highest BCUT2D eigenvalue weighted by Gasteiger charge is 2.44. The van der Waals surface area contributed by atoms with Crippen LogP contribution < -0.4 is 16.8 Å². The van der Waals surface area contributed by atoms with Crippen LogP contribution in [0.5, 0.6) is 0 Å². The van der Waals surface area contributed by atoms with Crippen LogP contribution in [-0.4, -0.2) is 67.7 Å². The van der Waals surface area contributed by atoms with Gasteiger partial charge in [0.15, 0.2) is 17.7 Å². The average molecular weight is 335 g/mol. The molecule has 2 aromatic heterocycles. The molecule has 4 atom stereocenters. The lowest BCUT2D eigenvalue weighted by atomic mass is 10.1. The Hall–Kier alpha value is -2.11. The molecule has 1 saturated heterocycles. The van der Waals surface area contributed by atoms with Crippen LogP contribution in [0.4, 0.5) is 5.82 Å². The molecular formula is C14H21N7O3. The summed E-state index contributed by atoms with van der Waals surface area (Å²) in [4.78, 5) is 12.1. The SMILES string of the molecule is NCC=CCNCC1OC(n2cnc3c(N)ncnc32)C(O)C1O. The molecule has 130 valence electrons. The number of hydrogen-bond donors (Lipinski definition) is 5. The standard InChI is InChI=1S/C14H21N7O3/c15-3-1-2-4-17-5-8-10(22)11(23)14(24-8)21-7-20-9-12(16)18-6-19-13(9)21/h1-2,6-8,10-11,14,17,22-23H,3-5,15H2,(H2,16,18,19). The lowest BCUT2D eigenvalue weighted by molar-refractivity contribution is -0.0339. The van der Waals surface area contributed by atoms with E-state index >= 15 is 0 Å². The predicted octanol–water partition coefficient (Wildman–Crippen LogP) is -1.87. The molecule has 4 unspecified atom stereocenters. The normalized spacial score (nSPS) is 27.5. The maximum Gasteiger partial charge on any atom is 0.167 e. The van der Waals surface area contributed by atoms with Crippen molar-refractivity contribution in [3.8, 4) is 0 Å². The molecule has 0 amide bonds. The van der Waals surface area contributed by atoms with Crippen LogP contribution in [0.25, 0.3) is 11.2 Å². The van der Waals surface area contributed by atoms with E-state index in [0.717, 1.165) is 0 Å². The average Bonchev–Trinajstić information content (AvgIpc) is 3.12. The number of nitrogen functional groups attached to an aromatic ring is 1. The molecule has 0 aliphatic carbocycles. The first kappa shape index (κ1) is 16.7. The van der Waals surface area contributed by atoms with Gasteiger partial charge in [-0.2, -0.15) is 0 Å². The number of imidazole rings is 1. The van der Waals surface area contributed by atoms with Gasteiger partial charge in [0.05, 0.1) is 6.33 Å². The van der Waals surface area contributed by atoms with E-state index < -0.39 is 24.5 Å². The van der Waals surface area contributed by atoms with E-state index in [2.05, 4.69) is 20.3 Å². The number of nitrogens with two attached hydrogens (primary N) is 2. The van der Waals surface area contributed by atoms with Crippen LogP contribution in [0.1, 0.15) is 6.23 Å². The molecule has 1 fully saturated rings. The quantitative estimate of drug-likeness (QED) is 0.301. The molecule has 2 aromatic rings. The van der Waals surface area contributed by atoms with E-state index in [-0.39, 0.29) is 5.82 Å². The van der Waals surface area contributed by atoms with Crippen molar-refractivity contribution in [3.63, 3.8) is 0 Å². The summed E-state index contributed by atoms with van der Waals surface area (Å²) in [5, 5.41) is 23.6. The number of nitrogens with zero attached hydrogens (tertiary/aromatic N) is 4. The lowest BCUT2D eigenvalue weighted by Crippen LogP contribution is -2.37. The summed E-state index contributed by atoms with van der Waals surface area (Å²) in [5.74, 6) is 0.247. The van der Waals surface area contributed by atoms with Crippen molar-refractivity contribution >= 4 is 17.0 Å². The molecular weight excluding hydrogens is 314 g/mol. The van der Waals surface area contributed by atoms with Crippen LogP contribution in [0.15, 0.2) is 24.8 Å². The summed E-state index contributed by atoms with van der Waals surface area (Å²) in [7, 11) is 0. The van der Waals surface area contributed by atoms with Gasteiger partial charge in [-0.3, -0.25) is 4.57 Å². The lowest BCUT2D eigenvalue weighted by Gasteiger charge is -2.16. The van der Waals surface area contributed by atoms with Crippen molar-refractivity contribution in [1.29, 1.82) is 0 Å². The second-order valence-corrected chi connectivity index (χ2v) is 5.49. The molecule has 0 bridgehead atoms. The van der Waals surface area contributed by atoms with Gasteiger partial charge in [-0.1, -0.05) is 12.2 Å². The zero-order valence-electron chi connectivity index (χ0n) is 13.0. The Labute approximate surface area is 138 Å². The molecule has 0 spiro atoms. The molecule has 3 rings (SSSR count). The van der Waals surface area contributed by atoms with E-state index in [1.54, 1.807) is 4.57 Å². The van der Waals surface area contributed by atoms with E-state index in [0.29, 0.717) is 30.8 Å². The topological polar surface area (TPSA) is 157 Å². The Balaban J connectivity index is 1.72. The fraction of sp³-hybridized carbons (Fsp3) is 0.500. The number of aliphatic hydroxyl groups excluding tert-OH is 2. The number of fused-ring (bicyclic) bond motifs is 1. The molecule has 3 heterocycles. The van der Waals surface area contributed by atoms with Crippen molar-refractivity contribution in [3.05, 3.63) is 24.8 Å². The Morgan fingerprint density at radius 1 is 1.25 bits per heavy atom. The van der Waals surface area contributed by atoms with Gasteiger partial charge in [-0.05, 0) is 0 Å². The maximum absolute atomic E-state index is 10.3. The third-order valence-electron chi connectivity index (χ3n) is 3.91. The van der Waals surface area contributed by atoms with Gasteiger partial charge in [0.2, 0.25) is 0 Å². The number of aliphatic hydroxyl groups is 2. The highest BCUT2D eigenvalue weighted by atomic mass is 16.6. The summed E-state index contributed by atoms with van der Waals surface area (Å²) in [6.07, 6.45) is 3.00. The highest BCUT2D eigenvalue weighted by molar-refractivity contribution is 5.81. The van der Waals surface area contributed by atoms with Gasteiger partial charge in [-0.25, -0.2) is 15.0 Å². The summed E-state index contributed by atoms with van der Waals surface area (Å²) in [6, 6.07) is 0. The first-order valence-electron chi connectivity index (χ1n) is 7.64. The minimum atomic E-state index is -1.11. The molecule has 0 aromatic carbocycles. The van der Waals surface area contributed by atoms with Crippen molar-refractivity contribution < 1.29 is 14.9 Å². The Morgan fingerprint density at radius 2 is 2.08 bits per heavy atom. The second kappa shape index (κ2) is 7.20. The van der Waals surface area contributed by atoms with E-state index in [4.69, 9.17) is 16.2 Å². The first-order chi connectivity index (χ1) is 11.6. The highest BCUT2D eigenvalue weighted by Crippen LogP contribution is 2.31. The monoisotopic (exact) mass is 335 g/mol. The van der Waals surface area contributed by atoms with Crippen molar-refractivity contribution in [2.75, 3.05) is 25.4 Å². The molecule has 1 aliphatic heterocycles. The third-order valence-corrected chi connectivity index (χ3v) is 3.91. The van der Waals surface area contributed by atoms with Crippen molar-refractivity contribution in [2.45, 2.75) is 24.5 Å². The Morgan fingerprint density at radius 3 is 2.88 bits per heavy atom. The number of hydrogen-bond acceptors (Lipinski definition) is 9. The number of anilines is 1. The van der Waals surface area contributed by atoms with Crippen molar-refractivity contribution in [1.82, 2.24) is 24.8 Å². The zero-order valence-corrected chi connectivity index (χ0v) is 13.0. The number of aromatic nitrogens is 4. The number of ether oxygens (including phenoxy) is 1. The van der Waals surface area contributed by atoms with Gasteiger partial charge in [0, 0.05) is 19.6 Å². The second-order valence-electron chi connectivity index (χ2n) is 5.49. The van der Waals surface area contributed by atoms with Gasteiger partial charge < -0.3 is 31.7 Å². The summed E-state index contributed by atoms with van der Waals surface area (Å²) >= 11 is 0. The maximum atomic E-state index is 10.3. The van der Waals surface area contributed by atoms with Gasteiger partial charge in [-0.15, -0.1) is 0 Å². The van der Waals surface area contributed by atoms with E-state index in [1.165, 1.54) is 12.7 Å². The van der Waals surface area contributed by atoms with E-state index in [9.17, 15) is 10.2 Å². The number of rotatable bonds is 6. The fourth-order valence-electron chi connectivity index (χ4n) is 2.67. The molecule has 10 heteroatoms. The van der Waals surface area contributed by atoms with Crippen LogP contribution >= 0.6 is 0 Å². The molecule has 24 heavy (non-hydrogen) atoms. The van der Waals surface area contributed by atoms with Crippen LogP contribution in [0, 0.1) is 0 Å². The summed E-state index contributed by atoms with van der Waals surface area (Å²) in [6.45, 7) is 1.46. The Kier molecular flexibility index (Phi) is 5.02. The molecule has 0 saturated carbocycles. The smallest absolute Gasteiger partial charge is 0.167 e. The predicted molar refractivity (Wildman–Crippen MR) is 86.7 cm³/mol. The van der Waals surface area contributed by atoms with Crippen LogP contribution in [-0.2, 0) is 4.74 Å². The van der Waals surface area contributed by atoms with Gasteiger partial charge >= 0.3 is 0 Å². The molecule has 10 nitrogen and oxygen atoms in total. The van der Waals surface area contributed by atoms with Gasteiger partial charge in [0.25, 0.3) is 0 Å². The largest absolute Gasteiger partial charge is 0.387 e. The van der Waals surface area contributed by atoms with Gasteiger partial charge in [0.1, 0.15) is 30.2 Å².